The van der Waals surface area contributed by atoms with Crippen LogP contribution in [-0.4, -0.2) is 20.4 Å². The van der Waals surface area contributed by atoms with Gasteiger partial charge in [0.05, 0.1) is 5.56 Å². The molecule has 0 aromatic carbocycles. The van der Waals surface area contributed by atoms with Gasteiger partial charge in [-0.05, 0) is 37.3 Å². The Morgan fingerprint density at radius 3 is 2.89 bits per heavy atom. The van der Waals surface area contributed by atoms with E-state index in [4.69, 9.17) is 5.73 Å². The first-order valence-electron chi connectivity index (χ1n) is 6.06. The second kappa shape index (κ2) is 4.25. The molecule has 0 radical (unpaired) electrons. The molecule has 5 nitrogen and oxygen atoms in total. The largest absolute Gasteiger partial charge is 0.365 e. The summed E-state index contributed by atoms with van der Waals surface area (Å²) in [7, 11) is 0. The van der Waals surface area contributed by atoms with Crippen LogP contribution in [0, 0.1) is 0 Å². The highest BCUT2D eigenvalue weighted by Gasteiger charge is 2.18. The van der Waals surface area contributed by atoms with Crippen LogP contribution in [0.2, 0.25) is 0 Å². The summed E-state index contributed by atoms with van der Waals surface area (Å²) in [4.78, 5) is 20.1. The molecule has 1 aliphatic carbocycles. The molecule has 0 saturated carbocycles. The van der Waals surface area contributed by atoms with Crippen molar-refractivity contribution in [3.05, 3.63) is 41.6 Å². The third kappa shape index (κ3) is 1.77. The van der Waals surface area contributed by atoms with E-state index in [0.717, 1.165) is 36.9 Å². The van der Waals surface area contributed by atoms with Crippen molar-refractivity contribution in [1.29, 1.82) is 0 Å². The third-order valence-corrected chi connectivity index (χ3v) is 3.30. The summed E-state index contributed by atoms with van der Waals surface area (Å²) in [5, 5.41) is 0. The number of primary amides is 1. The second-order valence-electron chi connectivity index (χ2n) is 4.51. The van der Waals surface area contributed by atoms with Gasteiger partial charge < -0.3 is 5.73 Å². The van der Waals surface area contributed by atoms with Gasteiger partial charge in [0.2, 0.25) is 0 Å². The van der Waals surface area contributed by atoms with E-state index in [-0.39, 0.29) is 0 Å². The van der Waals surface area contributed by atoms with E-state index in [1.165, 1.54) is 0 Å². The van der Waals surface area contributed by atoms with E-state index < -0.39 is 5.91 Å². The van der Waals surface area contributed by atoms with Crippen LogP contribution in [0.15, 0.2) is 24.8 Å². The normalized spacial score (nSPS) is 14.2. The van der Waals surface area contributed by atoms with Crippen LogP contribution in [0.1, 0.15) is 34.5 Å². The number of carbonyl (C=O) groups excluding carboxylic acids is 1. The zero-order valence-electron chi connectivity index (χ0n) is 9.97. The molecule has 0 saturated heterocycles. The molecule has 2 N–H and O–H groups in total. The molecule has 92 valence electrons. The molecule has 0 atom stereocenters. The minimum atomic E-state index is -0.445. The molecule has 18 heavy (non-hydrogen) atoms. The van der Waals surface area contributed by atoms with Gasteiger partial charge in [0.1, 0.15) is 6.33 Å². The fourth-order valence-electron chi connectivity index (χ4n) is 2.39. The Balaban J connectivity index is 2.19. The van der Waals surface area contributed by atoms with E-state index >= 15 is 0 Å². The fraction of sp³-hybridized carbons (Fsp3) is 0.308. The Morgan fingerprint density at radius 2 is 2.17 bits per heavy atom. The minimum Gasteiger partial charge on any atom is -0.365 e. The number of amides is 1. The van der Waals surface area contributed by atoms with Crippen LogP contribution in [-0.2, 0) is 12.8 Å². The molecule has 0 spiro atoms. The number of hydrogen-bond donors (Lipinski definition) is 1. The molecule has 0 bridgehead atoms. The van der Waals surface area contributed by atoms with Gasteiger partial charge in [-0.3, -0.25) is 9.36 Å². The Morgan fingerprint density at radius 1 is 1.33 bits per heavy atom. The van der Waals surface area contributed by atoms with Crippen LogP contribution >= 0.6 is 0 Å². The monoisotopic (exact) mass is 242 g/mol. The van der Waals surface area contributed by atoms with E-state index in [1.807, 2.05) is 6.07 Å². The summed E-state index contributed by atoms with van der Waals surface area (Å²) in [5.74, 6) is 0.139. The highest BCUT2D eigenvalue weighted by molar-refractivity contribution is 5.96. The molecule has 2 aromatic rings. The number of aryl methyl sites for hydroxylation is 2. The lowest BCUT2D eigenvalue weighted by Crippen LogP contribution is -2.18. The van der Waals surface area contributed by atoms with Gasteiger partial charge in [0, 0.05) is 18.1 Å². The van der Waals surface area contributed by atoms with Gasteiger partial charge in [-0.2, -0.15) is 0 Å². The first-order chi connectivity index (χ1) is 8.75. The summed E-state index contributed by atoms with van der Waals surface area (Å²) in [5.41, 5.74) is 8.14. The smallest absolute Gasteiger partial charge is 0.252 e. The summed E-state index contributed by atoms with van der Waals surface area (Å²) in [6.45, 7) is 0. The summed E-state index contributed by atoms with van der Waals surface area (Å²) in [6.07, 6.45) is 9.30. The zero-order valence-corrected chi connectivity index (χ0v) is 9.97. The summed E-state index contributed by atoms with van der Waals surface area (Å²) >= 11 is 0. The highest BCUT2D eigenvalue weighted by Crippen LogP contribution is 2.23. The van der Waals surface area contributed by atoms with Crippen molar-refractivity contribution >= 4 is 5.91 Å². The number of carbonyl (C=O) groups is 1. The summed E-state index contributed by atoms with van der Waals surface area (Å²) in [6, 6.07) is 1.89. The number of rotatable bonds is 2. The first-order valence-corrected chi connectivity index (χ1v) is 6.06. The van der Waals surface area contributed by atoms with Gasteiger partial charge in [-0.1, -0.05) is 0 Å². The van der Waals surface area contributed by atoms with Crippen molar-refractivity contribution in [2.75, 3.05) is 0 Å². The van der Waals surface area contributed by atoms with Crippen molar-refractivity contribution < 1.29 is 4.79 Å². The highest BCUT2D eigenvalue weighted by atomic mass is 16.1. The number of imidazole rings is 1. The van der Waals surface area contributed by atoms with Crippen molar-refractivity contribution in [2.24, 2.45) is 5.73 Å². The molecular formula is C13H14N4O. The van der Waals surface area contributed by atoms with Crippen LogP contribution in [0.5, 0.6) is 0 Å². The van der Waals surface area contributed by atoms with Crippen LogP contribution < -0.4 is 5.73 Å². The van der Waals surface area contributed by atoms with Crippen LogP contribution in [0.25, 0.3) is 5.82 Å². The Kier molecular flexibility index (Phi) is 2.59. The Labute approximate surface area is 105 Å². The topological polar surface area (TPSA) is 73.8 Å². The number of fused-ring (bicyclic) bond motifs is 1. The average Bonchev–Trinajstić information content (AvgIpc) is 2.91. The Hall–Kier alpha value is -2.17. The lowest BCUT2D eigenvalue weighted by Gasteiger charge is -2.17. The van der Waals surface area contributed by atoms with Gasteiger partial charge >= 0.3 is 0 Å². The number of pyridine rings is 1. The predicted molar refractivity (Wildman–Crippen MR) is 66.5 cm³/mol. The van der Waals surface area contributed by atoms with Crippen molar-refractivity contribution in [3.63, 3.8) is 0 Å². The molecule has 0 fully saturated rings. The van der Waals surface area contributed by atoms with Crippen molar-refractivity contribution in [1.82, 2.24) is 14.5 Å². The average molecular weight is 242 g/mol. The molecule has 0 aliphatic heterocycles. The molecule has 3 rings (SSSR count). The van der Waals surface area contributed by atoms with Gasteiger partial charge in [-0.15, -0.1) is 0 Å². The van der Waals surface area contributed by atoms with E-state index in [1.54, 1.807) is 23.3 Å². The standard InChI is InChI=1S/C13H14N4O/c14-12(18)10-7-9-3-1-2-4-11(9)16-13(10)17-6-5-15-8-17/h5-8H,1-4H2,(H2,14,18). The van der Waals surface area contributed by atoms with E-state index in [2.05, 4.69) is 9.97 Å². The third-order valence-electron chi connectivity index (χ3n) is 3.30. The lowest BCUT2D eigenvalue weighted by atomic mass is 9.94. The second-order valence-corrected chi connectivity index (χ2v) is 4.51. The maximum absolute atomic E-state index is 11.6. The van der Waals surface area contributed by atoms with Crippen LogP contribution in [0.4, 0.5) is 0 Å². The number of hydrogen-bond acceptors (Lipinski definition) is 3. The first kappa shape index (κ1) is 11.0. The molecule has 5 heteroatoms. The molecule has 0 unspecified atom stereocenters. The lowest BCUT2D eigenvalue weighted by molar-refractivity contribution is 0.1000. The van der Waals surface area contributed by atoms with Gasteiger partial charge in [0.25, 0.3) is 5.91 Å². The summed E-state index contributed by atoms with van der Waals surface area (Å²) < 4.78 is 1.73. The van der Waals surface area contributed by atoms with Crippen LogP contribution in [0.3, 0.4) is 0 Å². The van der Waals surface area contributed by atoms with Crippen molar-refractivity contribution in [3.8, 4) is 5.82 Å². The maximum Gasteiger partial charge on any atom is 0.252 e. The molecule has 1 amide bonds. The minimum absolute atomic E-state index is 0.445. The fourth-order valence-corrected chi connectivity index (χ4v) is 2.39. The van der Waals surface area contributed by atoms with Gasteiger partial charge in [0.15, 0.2) is 5.82 Å². The Bertz CT molecular complexity index is 589. The molecular weight excluding hydrogens is 228 g/mol. The molecule has 2 heterocycles. The van der Waals surface area contributed by atoms with E-state index in [0.29, 0.717) is 11.4 Å². The molecule has 2 aromatic heterocycles. The zero-order chi connectivity index (χ0) is 12.5. The SMILES string of the molecule is NC(=O)c1cc2c(nc1-n1ccnc1)CCCC2. The number of nitrogens with two attached hydrogens (primary N) is 1. The maximum atomic E-state index is 11.6. The van der Waals surface area contributed by atoms with Gasteiger partial charge in [-0.25, -0.2) is 9.97 Å². The number of aromatic nitrogens is 3. The van der Waals surface area contributed by atoms with E-state index in [9.17, 15) is 4.79 Å². The number of nitrogens with zero attached hydrogens (tertiary/aromatic N) is 3. The predicted octanol–water partition coefficient (Wildman–Crippen LogP) is 1.25. The van der Waals surface area contributed by atoms with Crippen molar-refractivity contribution in [2.45, 2.75) is 25.7 Å². The molecule has 1 aliphatic rings. The quantitative estimate of drug-likeness (QED) is 0.861.